The van der Waals surface area contributed by atoms with Crippen LogP contribution in [0.25, 0.3) is 11.1 Å². The number of nitrogens with one attached hydrogen (secondary N) is 1. The summed E-state index contributed by atoms with van der Waals surface area (Å²) in [6.45, 7) is 2.55. The van der Waals surface area contributed by atoms with Crippen molar-refractivity contribution in [2.75, 3.05) is 11.9 Å². The fraction of sp³-hybridized carbons (Fsp3) is 0.182. The molecule has 3 heterocycles. The Balaban J connectivity index is 1.38. The molecule has 1 aliphatic heterocycles. The number of aryl methyl sites for hydroxylation is 1. The van der Waals surface area contributed by atoms with Gasteiger partial charge in [-0.25, -0.2) is 13.4 Å². The first-order valence-electron chi connectivity index (χ1n) is 9.74. The van der Waals surface area contributed by atoms with Crippen LogP contribution in [0.5, 0.6) is 0 Å². The van der Waals surface area contributed by atoms with Gasteiger partial charge >= 0.3 is 0 Å². The Morgan fingerprint density at radius 2 is 2.06 bits per heavy atom. The molecule has 31 heavy (non-hydrogen) atoms. The lowest BCUT2D eigenvalue weighted by Crippen LogP contribution is -2.35. The van der Waals surface area contributed by atoms with Crippen molar-refractivity contribution >= 4 is 44.1 Å². The first kappa shape index (κ1) is 19.9. The van der Waals surface area contributed by atoms with Gasteiger partial charge in [-0.15, -0.1) is 11.3 Å². The molecular weight excluding hydrogens is 434 g/mol. The number of nitrogens with zero attached hydrogens (tertiary/aromatic N) is 2. The van der Waals surface area contributed by atoms with E-state index in [1.165, 1.54) is 21.3 Å². The minimum atomic E-state index is -3.70. The van der Waals surface area contributed by atoms with Crippen molar-refractivity contribution in [2.24, 2.45) is 0 Å². The lowest BCUT2D eigenvalue weighted by atomic mass is 10.1. The van der Waals surface area contributed by atoms with E-state index in [-0.39, 0.29) is 10.5 Å². The summed E-state index contributed by atoms with van der Waals surface area (Å²) in [6.07, 6.45) is 0.705. The van der Waals surface area contributed by atoms with E-state index in [0.29, 0.717) is 42.2 Å². The summed E-state index contributed by atoms with van der Waals surface area (Å²) in [5.74, 6) is 0.152. The molecule has 2 aromatic carbocycles. The number of benzene rings is 2. The number of aromatic nitrogens is 1. The minimum absolute atomic E-state index is 0.112. The minimum Gasteiger partial charge on any atom is -0.441 e. The fourth-order valence-corrected chi connectivity index (χ4v) is 6.05. The third kappa shape index (κ3) is 3.76. The van der Waals surface area contributed by atoms with Crippen molar-refractivity contribution < 1.29 is 17.6 Å². The van der Waals surface area contributed by atoms with E-state index in [9.17, 15) is 13.2 Å². The van der Waals surface area contributed by atoms with Crippen LogP contribution >= 0.6 is 11.3 Å². The van der Waals surface area contributed by atoms with Gasteiger partial charge in [0.15, 0.2) is 11.5 Å². The van der Waals surface area contributed by atoms with Gasteiger partial charge in [-0.2, -0.15) is 4.31 Å². The number of fused-ring (bicyclic) bond motifs is 2. The van der Waals surface area contributed by atoms with Crippen molar-refractivity contribution in [1.82, 2.24) is 9.29 Å². The van der Waals surface area contributed by atoms with Gasteiger partial charge in [-0.05, 0) is 59.8 Å². The van der Waals surface area contributed by atoms with Gasteiger partial charge in [-0.1, -0.05) is 6.07 Å². The largest absolute Gasteiger partial charge is 0.441 e. The smallest absolute Gasteiger partial charge is 0.255 e. The van der Waals surface area contributed by atoms with Crippen LogP contribution < -0.4 is 5.32 Å². The fourth-order valence-electron chi connectivity index (χ4n) is 3.70. The van der Waals surface area contributed by atoms with Crippen molar-refractivity contribution in [3.63, 3.8) is 0 Å². The van der Waals surface area contributed by atoms with Gasteiger partial charge in [0, 0.05) is 36.1 Å². The molecule has 4 aromatic rings. The highest BCUT2D eigenvalue weighted by molar-refractivity contribution is 7.89. The molecular formula is C22H19N3O4S2. The molecule has 0 fully saturated rings. The zero-order valence-corrected chi connectivity index (χ0v) is 18.3. The van der Waals surface area contributed by atoms with E-state index >= 15 is 0 Å². The maximum Gasteiger partial charge on any atom is 0.255 e. The SMILES string of the molecule is Cc1nc2cc(NC(=O)c3cccc(S(=O)(=O)N4CCc5sccc5C4)c3)ccc2o1. The van der Waals surface area contributed by atoms with Crippen LogP contribution in [0.15, 0.2) is 63.2 Å². The molecule has 1 amide bonds. The monoisotopic (exact) mass is 453 g/mol. The van der Waals surface area contributed by atoms with Gasteiger partial charge < -0.3 is 9.73 Å². The lowest BCUT2D eigenvalue weighted by Gasteiger charge is -2.26. The highest BCUT2D eigenvalue weighted by Gasteiger charge is 2.29. The molecule has 5 rings (SSSR count). The van der Waals surface area contributed by atoms with Crippen LogP contribution in [-0.4, -0.2) is 30.2 Å². The summed E-state index contributed by atoms with van der Waals surface area (Å²) in [4.78, 5) is 18.4. The van der Waals surface area contributed by atoms with Gasteiger partial charge in [0.25, 0.3) is 5.91 Å². The number of sulfonamides is 1. The number of hydrogen-bond acceptors (Lipinski definition) is 6. The van der Waals surface area contributed by atoms with E-state index in [1.54, 1.807) is 48.6 Å². The molecule has 0 aliphatic carbocycles. The summed E-state index contributed by atoms with van der Waals surface area (Å²) < 4.78 is 33.3. The van der Waals surface area contributed by atoms with E-state index in [1.807, 2.05) is 11.4 Å². The van der Waals surface area contributed by atoms with Gasteiger partial charge in [0.1, 0.15) is 5.52 Å². The van der Waals surface area contributed by atoms with Crippen LogP contribution in [0.3, 0.4) is 0 Å². The predicted octanol–water partition coefficient (Wildman–Crippen LogP) is 4.20. The number of thiophene rings is 1. The molecule has 0 radical (unpaired) electrons. The van der Waals surface area contributed by atoms with Crippen molar-refractivity contribution in [3.8, 4) is 0 Å². The predicted molar refractivity (Wildman–Crippen MR) is 119 cm³/mol. The number of anilines is 1. The number of hydrogen-bond donors (Lipinski definition) is 1. The van der Waals surface area contributed by atoms with Crippen LogP contribution in [0.1, 0.15) is 26.7 Å². The molecule has 158 valence electrons. The number of amides is 1. The Morgan fingerprint density at radius 1 is 1.19 bits per heavy atom. The van der Waals surface area contributed by atoms with Crippen LogP contribution in [-0.2, 0) is 23.0 Å². The Morgan fingerprint density at radius 3 is 2.94 bits per heavy atom. The summed E-state index contributed by atoms with van der Waals surface area (Å²) >= 11 is 1.66. The Hall–Kier alpha value is -3.01. The second-order valence-electron chi connectivity index (χ2n) is 7.35. The standard InChI is InChI=1S/C22H19N3O4S2/c1-14-23-19-12-17(5-6-20(19)29-14)24-22(26)15-3-2-4-18(11-15)31(27,28)25-9-7-21-16(13-25)8-10-30-21/h2-6,8,10-12H,7,9,13H2,1H3,(H,24,26). The highest BCUT2D eigenvalue weighted by Crippen LogP contribution is 2.28. The second-order valence-corrected chi connectivity index (χ2v) is 10.3. The van der Waals surface area contributed by atoms with Crippen LogP contribution in [0, 0.1) is 6.92 Å². The van der Waals surface area contributed by atoms with E-state index in [0.717, 1.165) is 5.56 Å². The molecule has 2 aromatic heterocycles. The van der Waals surface area contributed by atoms with E-state index in [2.05, 4.69) is 10.3 Å². The van der Waals surface area contributed by atoms with Gasteiger partial charge in [-0.3, -0.25) is 4.79 Å². The summed E-state index contributed by atoms with van der Waals surface area (Å²) in [5.41, 5.74) is 3.15. The van der Waals surface area contributed by atoms with Gasteiger partial charge in [0.2, 0.25) is 10.0 Å². The lowest BCUT2D eigenvalue weighted by molar-refractivity contribution is 0.102. The molecule has 1 aliphatic rings. The molecule has 7 nitrogen and oxygen atoms in total. The van der Waals surface area contributed by atoms with E-state index < -0.39 is 15.9 Å². The Kier molecular flexibility index (Phi) is 4.88. The van der Waals surface area contributed by atoms with E-state index in [4.69, 9.17) is 4.42 Å². The maximum absolute atomic E-state index is 13.2. The van der Waals surface area contributed by atoms with Crippen molar-refractivity contribution in [2.45, 2.75) is 24.8 Å². The topological polar surface area (TPSA) is 92.5 Å². The third-order valence-electron chi connectivity index (χ3n) is 5.26. The molecule has 1 N–H and O–H groups in total. The normalized spacial score (nSPS) is 14.5. The molecule has 0 saturated carbocycles. The number of rotatable bonds is 4. The third-order valence-corrected chi connectivity index (χ3v) is 8.12. The molecule has 0 saturated heterocycles. The summed E-state index contributed by atoms with van der Waals surface area (Å²) in [7, 11) is -3.70. The molecule has 0 spiro atoms. The second kappa shape index (κ2) is 7.60. The van der Waals surface area contributed by atoms with Gasteiger partial charge in [0.05, 0.1) is 4.90 Å². The zero-order valence-electron chi connectivity index (χ0n) is 16.7. The number of oxazole rings is 1. The average molecular weight is 454 g/mol. The summed E-state index contributed by atoms with van der Waals surface area (Å²) in [5, 5.41) is 4.79. The van der Waals surface area contributed by atoms with Crippen LogP contribution in [0.2, 0.25) is 0 Å². The maximum atomic E-state index is 13.2. The Bertz CT molecular complexity index is 1410. The average Bonchev–Trinajstić information content (AvgIpc) is 3.38. The van der Waals surface area contributed by atoms with Crippen molar-refractivity contribution in [1.29, 1.82) is 0 Å². The number of carbonyl (C=O) groups is 1. The quantitative estimate of drug-likeness (QED) is 0.500. The van der Waals surface area contributed by atoms with Crippen molar-refractivity contribution in [3.05, 3.63) is 75.8 Å². The molecule has 0 bridgehead atoms. The highest BCUT2D eigenvalue weighted by atomic mass is 32.2. The molecule has 0 unspecified atom stereocenters. The Labute approximate surface area is 183 Å². The zero-order chi connectivity index (χ0) is 21.6. The van der Waals surface area contributed by atoms with Crippen LogP contribution in [0.4, 0.5) is 5.69 Å². The summed E-state index contributed by atoms with van der Waals surface area (Å²) in [6, 6.07) is 13.3. The first-order valence-corrected chi connectivity index (χ1v) is 12.1. The first-order chi connectivity index (χ1) is 14.9. The molecule has 9 heteroatoms. The number of carbonyl (C=O) groups excluding carboxylic acids is 1. The molecule has 0 atom stereocenters.